The predicted molar refractivity (Wildman–Crippen MR) is 82.0 cm³/mol. The van der Waals surface area contributed by atoms with Crippen LogP contribution in [0.2, 0.25) is 0 Å². The minimum Gasteiger partial charge on any atom is -0.310 e. The molecule has 1 N–H and O–H groups in total. The molecule has 0 aromatic carbocycles. The van der Waals surface area contributed by atoms with Crippen molar-refractivity contribution in [2.45, 2.75) is 45.4 Å². The first-order valence-corrected chi connectivity index (χ1v) is 7.53. The van der Waals surface area contributed by atoms with Gasteiger partial charge in [0.25, 0.3) is 5.56 Å². The van der Waals surface area contributed by atoms with E-state index in [1.807, 2.05) is 13.2 Å². The summed E-state index contributed by atoms with van der Waals surface area (Å²) in [5.74, 6) is 1.19. The third kappa shape index (κ3) is 3.06. The third-order valence-corrected chi connectivity index (χ3v) is 4.49. The van der Waals surface area contributed by atoms with E-state index in [0.29, 0.717) is 17.0 Å². The van der Waals surface area contributed by atoms with Crippen LogP contribution in [0.5, 0.6) is 0 Å². The molecule has 0 atom stereocenters. The summed E-state index contributed by atoms with van der Waals surface area (Å²) in [5, 5.41) is 4.15. The maximum Gasteiger partial charge on any atom is 0.251 e. The van der Waals surface area contributed by atoms with Gasteiger partial charge >= 0.3 is 0 Å². The number of aromatic amines is 1. The molecule has 2 aromatic heterocycles. The van der Waals surface area contributed by atoms with Crippen LogP contribution in [0.3, 0.4) is 0 Å². The van der Waals surface area contributed by atoms with Crippen molar-refractivity contribution in [3.05, 3.63) is 34.6 Å². The second-order valence-corrected chi connectivity index (χ2v) is 6.86. The van der Waals surface area contributed by atoms with Crippen molar-refractivity contribution in [2.24, 2.45) is 12.5 Å². The maximum atomic E-state index is 11.9. The monoisotopic (exact) mass is 286 g/mol. The molecule has 0 aliphatic heterocycles. The molecule has 21 heavy (non-hydrogen) atoms. The van der Waals surface area contributed by atoms with Crippen LogP contribution in [0.1, 0.15) is 51.3 Å². The molecular formula is C16H22N4O. The van der Waals surface area contributed by atoms with Crippen molar-refractivity contribution < 1.29 is 0 Å². The highest BCUT2D eigenvalue weighted by Gasteiger charge is 2.29. The largest absolute Gasteiger partial charge is 0.310 e. The zero-order valence-electron chi connectivity index (χ0n) is 12.9. The fourth-order valence-corrected chi connectivity index (χ4v) is 3.04. The number of aryl methyl sites for hydroxylation is 1. The van der Waals surface area contributed by atoms with Crippen molar-refractivity contribution in [3.8, 4) is 11.3 Å². The summed E-state index contributed by atoms with van der Waals surface area (Å²) >= 11 is 0. The molecule has 1 aliphatic carbocycles. The topological polar surface area (TPSA) is 63.6 Å². The molecule has 112 valence electrons. The lowest BCUT2D eigenvalue weighted by atomic mass is 9.73. The van der Waals surface area contributed by atoms with Crippen LogP contribution in [0, 0.1) is 5.41 Å². The summed E-state index contributed by atoms with van der Waals surface area (Å²) in [7, 11) is 1.86. The molecule has 1 fully saturated rings. The Hall–Kier alpha value is -1.91. The first kappa shape index (κ1) is 14.0. The molecule has 0 radical (unpaired) electrons. The molecule has 0 amide bonds. The lowest BCUT2D eigenvalue weighted by Crippen LogP contribution is -2.23. The fraction of sp³-hybridized carbons (Fsp3) is 0.562. The maximum absolute atomic E-state index is 11.9. The predicted octanol–water partition coefficient (Wildman–Crippen LogP) is 2.85. The lowest BCUT2D eigenvalue weighted by Gasteiger charge is -2.33. The number of hydrogen-bond acceptors (Lipinski definition) is 3. The van der Waals surface area contributed by atoms with Crippen molar-refractivity contribution in [1.82, 2.24) is 19.7 Å². The van der Waals surface area contributed by atoms with E-state index in [1.165, 1.54) is 12.8 Å². The Morgan fingerprint density at radius 3 is 2.67 bits per heavy atom. The number of rotatable bonds is 2. The van der Waals surface area contributed by atoms with E-state index in [-0.39, 0.29) is 5.56 Å². The number of hydrogen-bond donors (Lipinski definition) is 1. The summed E-state index contributed by atoms with van der Waals surface area (Å²) < 4.78 is 1.72. The Balaban J connectivity index is 1.90. The van der Waals surface area contributed by atoms with Gasteiger partial charge in [0.05, 0.1) is 11.9 Å². The molecule has 0 saturated heterocycles. The normalized spacial score (nSPS) is 18.8. The average Bonchev–Trinajstić information content (AvgIpc) is 2.85. The van der Waals surface area contributed by atoms with Crippen molar-refractivity contribution in [2.75, 3.05) is 0 Å². The molecule has 5 nitrogen and oxygen atoms in total. The zero-order valence-corrected chi connectivity index (χ0v) is 12.9. The Kier molecular flexibility index (Phi) is 3.43. The smallest absolute Gasteiger partial charge is 0.251 e. The van der Waals surface area contributed by atoms with Gasteiger partial charge in [0, 0.05) is 30.8 Å². The SMILES string of the molecule is Cn1cc(-c2cc(=O)[nH]c(C3CCC(C)(C)CC3)n2)cn1. The molecule has 0 bridgehead atoms. The van der Waals surface area contributed by atoms with Gasteiger partial charge in [-0.25, -0.2) is 4.98 Å². The van der Waals surface area contributed by atoms with Gasteiger partial charge in [0.1, 0.15) is 5.82 Å². The van der Waals surface area contributed by atoms with Crippen LogP contribution in [-0.2, 0) is 7.05 Å². The second kappa shape index (κ2) is 5.13. The summed E-state index contributed by atoms with van der Waals surface area (Å²) in [6.45, 7) is 4.62. The second-order valence-electron chi connectivity index (χ2n) is 6.86. The minimum atomic E-state index is -0.0799. The number of aromatic nitrogens is 4. The van der Waals surface area contributed by atoms with Gasteiger partial charge in [-0.3, -0.25) is 9.48 Å². The van der Waals surface area contributed by atoms with Crippen LogP contribution in [0.25, 0.3) is 11.3 Å². The summed E-state index contributed by atoms with van der Waals surface area (Å²) in [5.41, 5.74) is 1.94. The summed E-state index contributed by atoms with van der Waals surface area (Å²) in [6, 6.07) is 1.55. The lowest BCUT2D eigenvalue weighted by molar-refractivity contribution is 0.220. The Morgan fingerprint density at radius 1 is 1.33 bits per heavy atom. The van der Waals surface area contributed by atoms with Gasteiger partial charge < -0.3 is 4.98 Å². The Morgan fingerprint density at radius 2 is 2.05 bits per heavy atom. The third-order valence-electron chi connectivity index (χ3n) is 4.49. The van der Waals surface area contributed by atoms with Crippen LogP contribution >= 0.6 is 0 Å². The molecule has 0 unspecified atom stereocenters. The first-order valence-electron chi connectivity index (χ1n) is 7.53. The highest BCUT2D eigenvalue weighted by atomic mass is 16.1. The highest BCUT2D eigenvalue weighted by molar-refractivity contribution is 5.56. The Bertz CT molecular complexity index is 688. The number of nitrogens with one attached hydrogen (secondary N) is 1. The molecule has 1 aliphatic rings. The van der Waals surface area contributed by atoms with Crippen LogP contribution < -0.4 is 5.56 Å². The molecule has 1 saturated carbocycles. The van der Waals surface area contributed by atoms with E-state index in [9.17, 15) is 4.79 Å². The van der Waals surface area contributed by atoms with Crippen LogP contribution in [0.4, 0.5) is 0 Å². The van der Waals surface area contributed by atoms with Gasteiger partial charge in [-0.05, 0) is 31.1 Å². The minimum absolute atomic E-state index is 0.0799. The van der Waals surface area contributed by atoms with E-state index < -0.39 is 0 Å². The van der Waals surface area contributed by atoms with Crippen LogP contribution in [-0.4, -0.2) is 19.7 Å². The van der Waals surface area contributed by atoms with Gasteiger partial charge in [-0.2, -0.15) is 5.10 Å². The number of nitrogens with zero attached hydrogens (tertiary/aromatic N) is 3. The quantitative estimate of drug-likeness (QED) is 0.923. The van der Waals surface area contributed by atoms with E-state index in [4.69, 9.17) is 0 Å². The molecular weight excluding hydrogens is 264 g/mol. The van der Waals surface area contributed by atoms with Crippen LogP contribution in [0.15, 0.2) is 23.3 Å². The molecule has 2 aromatic rings. The summed E-state index contributed by atoms with van der Waals surface area (Å²) in [6.07, 6.45) is 8.17. The fourth-order valence-electron chi connectivity index (χ4n) is 3.04. The van der Waals surface area contributed by atoms with Gasteiger partial charge in [0.15, 0.2) is 0 Å². The van der Waals surface area contributed by atoms with Crippen molar-refractivity contribution in [3.63, 3.8) is 0 Å². The van der Waals surface area contributed by atoms with E-state index >= 15 is 0 Å². The number of H-pyrrole nitrogens is 1. The van der Waals surface area contributed by atoms with Gasteiger partial charge in [0.2, 0.25) is 0 Å². The van der Waals surface area contributed by atoms with E-state index in [2.05, 4.69) is 28.9 Å². The Labute approximate surface area is 124 Å². The standard InChI is InChI=1S/C16H22N4O/c1-16(2)6-4-11(5-7-16)15-18-13(8-14(21)19-15)12-9-17-20(3)10-12/h8-11H,4-7H2,1-3H3,(H,18,19,21). The highest BCUT2D eigenvalue weighted by Crippen LogP contribution is 2.41. The van der Waals surface area contributed by atoms with E-state index in [1.54, 1.807) is 16.9 Å². The average molecular weight is 286 g/mol. The molecule has 2 heterocycles. The van der Waals surface area contributed by atoms with Gasteiger partial charge in [-0.15, -0.1) is 0 Å². The molecule has 3 rings (SSSR count). The van der Waals surface area contributed by atoms with E-state index in [0.717, 1.165) is 24.2 Å². The van der Waals surface area contributed by atoms with Crippen molar-refractivity contribution in [1.29, 1.82) is 0 Å². The first-order chi connectivity index (χ1) is 9.93. The molecule has 5 heteroatoms. The summed E-state index contributed by atoms with van der Waals surface area (Å²) in [4.78, 5) is 19.5. The van der Waals surface area contributed by atoms with Crippen molar-refractivity contribution >= 4 is 0 Å². The van der Waals surface area contributed by atoms with Gasteiger partial charge in [-0.1, -0.05) is 13.8 Å². The zero-order chi connectivity index (χ0) is 15.0. The molecule has 0 spiro atoms.